The van der Waals surface area contributed by atoms with Crippen LogP contribution in [0.2, 0.25) is 0 Å². The van der Waals surface area contributed by atoms with E-state index < -0.39 is 0 Å². The Hall–Kier alpha value is -6.12. The summed E-state index contributed by atoms with van der Waals surface area (Å²) in [6, 6.07) is 63.8. The fraction of sp³-hybridized carbons (Fsp3) is 0. The summed E-state index contributed by atoms with van der Waals surface area (Å²) in [5, 5.41) is 4.75. The van der Waals surface area contributed by atoms with Gasteiger partial charge in [0.2, 0.25) is 0 Å². The second-order valence-electron chi connectivity index (χ2n) is 11.4. The summed E-state index contributed by atoms with van der Waals surface area (Å²) < 4.78 is 0. The third-order valence-corrected chi connectivity index (χ3v) is 8.52. The van der Waals surface area contributed by atoms with Gasteiger partial charge in [0.1, 0.15) is 0 Å². The number of pyridine rings is 2. The molecule has 2 nitrogen and oxygen atoms in total. The number of fused-ring (bicyclic) bond motifs is 2. The molecule has 0 N–H and O–H groups in total. The highest BCUT2D eigenvalue weighted by molar-refractivity contribution is 6.13. The Labute approximate surface area is 269 Å². The Balaban J connectivity index is 1.53. The van der Waals surface area contributed by atoms with Crippen molar-refractivity contribution in [2.75, 3.05) is 0 Å². The van der Waals surface area contributed by atoms with Crippen molar-refractivity contribution >= 4 is 32.7 Å². The van der Waals surface area contributed by atoms with Gasteiger partial charge < -0.3 is 0 Å². The van der Waals surface area contributed by atoms with Gasteiger partial charge in [0.05, 0.1) is 22.8 Å². The number of rotatable bonds is 6. The molecule has 0 fully saturated rings. The Kier molecular flexibility index (Phi) is 7.22. The van der Waals surface area contributed by atoms with E-state index in [1.54, 1.807) is 0 Å². The van der Waals surface area contributed by atoms with Gasteiger partial charge in [0.15, 0.2) is 0 Å². The second kappa shape index (κ2) is 12.1. The summed E-state index contributed by atoms with van der Waals surface area (Å²) in [6.45, 7) is 0. The van der Waals surface area contributed by atoms with E-state index in [0.29, 0.717) is 0 Å². The Morgan fingerprint density at radius 3 is 1.17 bits per heavy atom. The Morgan fingerprint density at radius 1 is 0.304 bits per heavy atom. The lowest BCUT2D eigenvalue weighted by Crippen LogP contribution is -2.03. The summed E-state index contributed by atoms with van der Waals surface area (Å²) in [5.74, 6) is 0. The van der Waals surface area contributed by atoms with Crippen LogP contribution < -0.4 is 0 Å². The van der Waals surface area contributed by atoms with E-state index in [2.05, 4.69) is 170 Å². The summed E-state index contributed by atoms with van der Waals surface area (Å²) in [5.41, 5.74) is 10.1. The van der Waals surface area contributed by atoms with Gasteiger partial charge in [0.25, 0.3) is 0 Å². The topological polar surface area (TPSA) is 25.8 Å². The van der Waals surface area contributed by atoms with E-state index in [1.165, 1.54) is 21.5 Å². The predicted octanol–water partition coefficient (Wildman–Crippen LogP) is 11.1. The molecule has 46 heavy (non-hydrogen) atoms. The second-order valence-corrected chi connectivity index (χ2v) is 11.4. The van der Waals surface area contributed by atoms with E-state index in [9.17, 15) is 0 Å². The third-order valence-electron chi connectivity index (χ3n) is 8.52. The van der Waals surface area contributed by atoms with E-state index >= 15 is 0 Å². The van der Waals surface area contributed by atoms with Crippen LogP contribution in [-0.2, 0) is 0 Å². The molecular formula is C44H30N2. The first-order valence-electron chi connectivity index (χ1n) is 15.6. The lowest BCUT2D eigenvalue weighted by atomic mass is 9.84. The number of nitrogens with zero attached hydrogens (tertiary/aromatic N) is 2. The summed E-state index contributed by atoms with van der Waals surface area (Å²) in [4.78, 5) is 10.7. The monoisotopic (exact) mass is 586 g/mol. The maximum atomic E-state index is 5.36. The smallest absolute Gasteiger partial charge is 0.0737 e. The van der Waals surface area contributed by atoms with Crippen LogP contribution >= 0.6 is 0 Å². The molecule has 0 atom stereocenters. The first-order chi connectivity index (χ1) is 22.8. The van der Waals surface area contributed by atoms with E-state index in [-0.39, 0.29) is 0 Å². The minimum atomic E-state index is 0.870. The van der Waals surface area contributed by atoms with Crippen molar-refractivity contribution in [3.05, 3.63) is 205 Å². The lowest BCUT2D eigenvalue weighted by molar-refractivity contribution is 1.23. The van der Waals surface area contributed by atoms with Crippen molar-refractivity contribution < 1.29 is 0 Å². The van der Waals surface area contributed by atoms with E-state index in [0.717, 1.165) is 56.2 Å². The van der Waals surface area contributed by atoms with Crippen molar-refractivity contribution in [2.45, 2.75) is 0 Å². The normalized spacial score (nSPS) is 11.0. The van der Waals surface area contributed by atoms with Crippen LogP contribution in [-0.4, -0.2) is 9.97 Å². The minimum absolute atomic E-state index is 0.870. The molecule has 2 heterocycles. The zero-order valence-electron chi connectivity index (χ0n) is 25.2. The van der Waals surface area contributed by atoms with Crippen LogP contribution in [0.3, 0.4) is 0 Å². The van der Waals surface area contributed by atoms with Gasteiger partial charge in [-0.2, -0.15) is 0 Å². The maximum Gasteiger partial charge on any atom is 0.0737 e. The third kappa shape index (κ3) is 5.16. The van der Waals surface area contributed by atoms with Crippen LogP contribution in [0.1, 0.15) is 22.5 Å². The van der Waals surface area contributed by atoms with Gasteiger partial charge in [-0.1, -0.05) is 158 Å². The van der Waals surface area contributed by atoms with Gasteiger partial charge >= 0.3 is 0 Å². The quantitative estimate of drug-likeness (QED) is 0.194. The van der Waals surface area contributed by atoms with Gasteiger partial charge in [-0.25, -0.2) is 9.97 Å². The molecule has 8 aromatic rings. The lowest BCUT2D eigenvalue weighted by Gasteiger charge is -2.20. The van der Waals surface area contributed by atoms with Crippen molar-refractivity contribution in [2.24, 2.45) is 0 Å². The largest absolute Gasteiger partial charge is 0.248 e. The van der Waals surface area contributed by atoms with Crippen molar-refractivity contribution in [1.29, 1.82) is 0 Å². The molecule has 8 rings (SSSR count). The van der Waals surface area contributed by atoms with Crippen LogP contribution in [0.5, 0.6) is 0 Å². The summed E-state index contributed by atoms with van der Waals surface area (Å²) >= 11 is 0. The van der Waals surface area contributed by atoms with Crippen LogP contribution in [0, 0.1) is 0 Å². The molecule has 216 valence electrons. The number of benzene rings is 6. The molecule has 0 saturated heterocycles. The number of aromatic nitrogens is 2. The maximum absolute atomic E-state index is 5.36. The van der Waals surface area contributed by atoms with E-state index in [1.807, 2.05) is 12.1 Å². The molecule has 6 aromatic carbocycles. The fourth-order valence-corrected chi connectivity index (χ4v) is 6.38. The van der Waals surface area contributed by atoms with E-state index in [4.69, 9.17) is 9.97 Å². The molecule has 2 aromatic heterocycles. The summed E-state index contributed by atoms with van der Waals surface area (Å²) in [6.07, 6.45) is 0. The van der Waals surface area contributed by atoms with Crippen LogP contribution in [0.25, 0.3) is 55.2 Å². The van der Waals surface area contributed by atoms with Crippen molar-refractivity contribution in [3.63, 3.8) is 0 Å². The molecule has 0 aliphatic heterocycles. The first kappa shape index (κ1) is 27.4. The Morgan fingerprint density at radius 2 is 0.696 bits per heavy atom. The molecule has 0 unspecified atom stereocenters. The van der Waals surface area contributed by atoms with Crippen LogP contribution in [0.15, 0.2) is 182 Å². The molecule has 0 spiro atoms. The number of hydrogen-bond donors (Lipinski definition) is 0. The van der Waals surface area contributed by atoms with Crippen molar-refractivity contribution in [1.82, 2.24) is 9.97 Å². The molecule has 0 radical (unpaired) electrons. The molecule has 0 aliphatic carbocycles. The average Bonchev–Trinajstić information content (AvgIpc) is 3.14. The molecule has 2 heteroatoms. The van der Waals surface area contributed by atoms with Gasteiger partial charge in [0, 0.05) is 22.3 Å². The zero-order chi connectivity index (χ0) is 30.7. The minimum Gasteiger partial charge on any atom is -0.248 e. The van der Waals surface area contributed by atoms with Gasteiger partial charge in [-0.15, -0.1) is 0 Å². The highest BCUT2D eigenvalue weighted by Crippen LogP contribution is 2.41. The molecule has 0 amide bonds. The number of hydrogen-bond acceptors (Lipinski definition) is 2. The first-order valence-corrected chi connectivity index (χ1v) is 15.6. The molecule has 0 aliphatic rings. The average molecular weight is 587 g/mol. The van der Waals surface area contributed by atoms with Gasteiger partial charge in [-0.05, 0) is 56.9 Å². The highest BCUT2D eigenvalue weighted by atomic mass is 14.8. The standard InChI is InChI=1S/C44H30N2/c1-3-17-33(18-4-1)39-27-13-29-41(45-39)44(42-30-14-28-40(46-42)34-19-5-2-6-20-34)43(37-25-11-21-31-15-7-9-23-35(31)37)38-26-12-22-32-16-8-10-24-36(32)38/h1-30H. The van der Waals surface area contributed by atoms with Crippen LogP contribution in [0.4, 0.5) is 0 Å². The fourth-order valence-electron chi connectivity index (χ4n) is 6.38. The van der Waals surface area contributed by atoms with Crippen molar-refractivity contribution in [3.8, 4) is 22.5 Å². The Bertz CT molecular complexity index is 2180. The highest BCUT2D eigenvalue weighted by Gasteiger charge is 2.22. The predicted molar refractivity (Wildman–Crippen MR) is 192 cm³/mol. The molecule has 0 bridgehead atoms. The van der Waals surface area contributed by atoms with Gasteiger partial charge in [-0.3, -0.25) is 0 Å². The molecular weight excluding hydrogens is 556 g/mol. The zero-order valence-corrected chi connectivity index (χ0v) is 25.2. The summed E-state index contributed by atoms with van der Waals surface area (Å²) in [7, 11) is 0. The molecule has 0 saturated carbocycles. The SMILES string of the molecule is c1ccc(-c2cccc(C(=C(c3cccc4ccccc34)c3cccc4ccccc34)c3cccc(-c4ccccc4)n3)n2)cc1.